The summed E-state index contributed by atoms with van der Waals surface area (Å²) in [5.41, 5.74) is 0.724. The summed E-state index contributed by atoms with van der Waals surface area (Å²) in [7, 11) is 0. The van der Waals surface area contributed by atoms with Crippen molar-refractivity contribution in [2.45, 2.75) is 13.1 Å². The van der Waals surface area contributed by atoms with Crippen LogP contribution in [-0.4, -0.2) is 12.2 Å². The highest BCUT2D eigenvalue weighted by atomic mass is 16.3. The molecule has 1 rings (SSSR count). The molecule has 66 valence electrons. The standard InChI is InChI=1S/C8H6N2O3/c11-5-9-3-7-1-2-13-8(7)4-10-6-12/h1-2H,3-4H2. The van der Waals surface area contributed by atoms with Crippen LogP contribution in [0.1, 0.15) is 11.3 Å². The van der Waals surface area contributed by atoms with E-state index in [0.717, 1.165) is 5.56 Å². The van der Waals surface area contributed by atoms with E-state index in [1.54, 1.807) is 6.07 Å². The van der Waals surface area contributed by atoms with E-state index in [1.165, 1.54) is 18.4 Å². The van der Waals surface area contributed by atoms with E-state index >= 15 is 0 Å². The van der Waals surface area contributed by atoms with Crippen LogP contribution in [0, 0.1) is 0 Å². The molecular weight excluding hydrogens is 172 g/mol. The van der Waals surface area contributed by atoms with E-state index in [2.05, 4.69) is 9.98 Å². The number of isocyanates is 2. The van der Waals surface area contributed by atoms with E-state index in [9.17, 15) is 9.59 Å². The first-order chi connectivity index (χ1) is 6.38. The number of carbonyl (C=O) groups excluding carboxylic acids is 2. The van der Waals surface area contributed by atoms with Gasteiger partial charge in [0.2, 0.25) is 12.2 Å². The van der Waals surface area contributed by atoms with Crippen molar-refractivity contribution >= 4 is 12.2 Å². The molecule has 1 aromatic heterocycles. The molecule has 0 spiro atoms. The minimum absolute atomic E-state index is 0.125. The number of aliphatic imine (C=N–C) groups is 2. The van der Waals surface area contributed by atoms with Crippen LogP contribution in [-0.2, 0) is 22.7 Å². The molecule has 0 N–H and O–H groups in total. The maximum Gasteiger partial charge on any atom is 0.235 e. The highest BCUT2D eigenvalue weighted by Gasteiger charge is 2.03. The van der Waals surface area contributed by atoms with Crippen LogP contribution in [0.5, 0.6) is 0 Å². The molecule has 0 radical (unpaired) electrons. The van der Waals surface area contributed by atoms with Gasteiger partial charge in [0.05, 0.1) is 12.8 Å². The van der Waals surface area contributed by atoms with Gasteiger partial charge in [-0.05, 0) is 6.07 Å². The van der Waals surface area contributed by atoms with Crippen LogP contribution in [0.25, 0.3) is 0 Å². The first kappa shape index (κ1) is 9.13. The third-order valence-corrected chi connectivity index (χ3v) is 1.44. The molecule has 0 saturated heterocycles. The van der Waals surface area contributed by atoms with Crippen LogP contribution in [0.2, 0.25) is 0 Å². The smallest absolute Gasteiger partial charge is 0.235 e. The zero-order valence-electron chi connectivity index (χ0n) is 6.69. The summed E-state index contributed by atoms with van der Waals surface area (Å²) in [6.45, 7) is 0.323. The van der Waals surface area contributed by atoms with Crippen molar-refractivity contribution in [1.82, 2.24) is 0 Å². The van der Waals surface area contributed by atoms with Crippen molar-refractivity contribution in [2.75, 3.05) is 0 Å². The molecule has 1 heterocycles. The average Bonchev–Trinajstić information content (AvgIpc) is 2.59. The second kappa shape index (κ2) is 4.83. The van der Waals surface area contributed by atoms with Crippen molar-refractivity contribution in [2.24, 2.45) is 9.98 Å². The van der Waals surface area contributed by atoms with Gasteiger partial charge in [0.1, 0.15) is 12.3 Å². The summed E-state index contributed by atoms with van der Waals surface area (Å²) in [5.74, 6) is 0.516. The zero-order valence-corrected chi connectivity index (χ0v) is 6.69. The number of nitrogens with zero attached hydrogens (tertiary/aromatic N) is 2. The van der Waals surface area contributed by atoms with E-state index in [1.807, 2.05) is 0 Å². The fourth-order valence-corrected chi connectivity index (χ4v) is 0.868. The number of furan rings is 1. The molecule has 0 bridgehead atoms. The van der Waals surface area contributed by atoms with E-state index in [4.69, 9.17) is 4.42 Å². The fourth-order valence-electron chi connectivity index (χ4n) is 0.868. The summed E-state index contributed by atoms with van der Waals surface area (Å²) in [6, 6.07) is 1.66. The Bertz CT molecular complexity index is 336. The molecule has 0 aliphatic carbocycles. The highest BCUT2D eigenvalue weighted by Crippen LogP contribution is 2.12. The fraction of sp³-hybridized carbons (Fsp3) is 0.250. The molecule has 1 aromatic rings. The predicted molar refractivity (Wildman–Crippen MR) is 42.4 cm³/mol. The Hall–Kier alpha value is -1.96. The Morgan fingerprint density at radius 1 is 1.23 bits per heavy atom. The average molecular weight is 178 g/mol. The minimum atomic E-state index is 0.125. The number of hydrogen-bond donors (Lipinski definition) is 0. The number of rotatable bonds is 4. The summed E-state index contributed by atoms with van der Waals surface area (Å²) >= 11 is 0. The number of hydrogen-bond acceptors (Lipinski definition) is 5. The molecule has 0 saturated carbocycles. The molecule has 0 aliphatic heterocycles. The van der Waals surface area contributed by atoms with Gasteiger partial charge in [0.25, 0.3) is 0 Å². The largest absolute Gasteiger partial charge is 0.467 e. The molecule has 0 atom stereocenters. The van der Waals surface area contributed by atoms with Crippen molar-refractivity contribution in [3.8, 4) is 0 Å². The van der Waals surface area contributed by atoms with Gasteiger partial charge in [-0.25, -0.2) is 14.6 Å². The Kier molecular flexibility index (Phi) is 3.39. The molecule has 13 heavy (non-hydrogen) atoms. The zero-order chi connectivity index (χ0) is 9.52. The maximum absolute atomic E-state index is 9.82. The van der Waals surface area contributed by atoms with Crippen LogP contribution >= 0.6 is 0 Å². The molecule has 0 unspecified atom stereocenters. The van der Waals surface area contributed by atoms with Gasteiger partial charge in [-0.2, -0.15) is 4.99 Å². The van der Waals surface area contributed by atoms with Gasteiger partial charge in [-0.1, -0.05) is 0 Å². The molecule has 0 amide bonds. The van der Waals surface area contributed by atoms with Gasteiger partial charge < -0.3 is 4.42 Å². The molecule has 5 heteroatoms. The van der Waals surface area contributed by atoms with E-state index in [0.29, 0.717) is 5.76 Å². The van der Waals surface area contributed by atoms with Crippen LogP contribution in [0.3, 0.4) is 0 Å². The lowest BCUT2D eigenvalue weighted by atomic mass is 10.2. The Morgan fingerprint density at radius 2 is 1.92 bits per heavy atom. The molecular formula is C8H6N2O3. The quantitative estimate of drug-likeness (QED) is 0.509. The summed E-state index contributed by atoms with van der Waals surface area (Å²) < 4.78 is 5.00. The Balaban J connectivity index is 2.75. The SMILES string of the molecule is O=C=NCc1ccoc1CN=C=O. The van der Waals surface area contributed by atoms with Gasteiger partial charge in [0.15, 0.2) is 0 Å². The summed E-state index contributed by atoms with van der Waals surface area (Å²) in [4.78, 5) is 26.3. The molecule has 5 nitrogen and oxygen atoms in total. The summed E-state index contributed by atoms with van der Waals surface area (Å²) in [6.07, 6.45) is 4.26. The first-order valence-electron chi connectivity index (χ1n) is 3.51. The van der Waals surface area contributed by atoms with Crippen LogP contribution in [0.4, 0.5) is 0 Å². The first-order valence-corrected chi connectivity index (χ1v) is 3.51. The van der Waals surface area contributed by atoms with Crippen molar-refractivity contribution in [3.05, 3.63) is 23.7 Å². The van der Waals surface area contributed by atoms with Gasteiger partial charge in [-0.15, -0.1) is 0 Å². The Morgan fingerprint density at radius 3 is 2.62 bits per heavy atom. The topological polar surface area (TPSA) is 72.0 Å². The normalized spacial score (nSPS) is 8.62. The monoisotopic (exact) mass is 178 g/mol. The van der Waals surface area contributed by atoms with Crippen molar-refractivity contribution < 1.29 is 14.0 Å². The predicted octanol–water partition coefficient (Wildman–Crippen LogP) is 0.951. The second-order valence-corrected chi connectivity index (χ2v) is 2.18. The van der Waals surface area contributed by atoms with E-state index in [-0.39, 0.29) is 13.1 Å². The highest BCUT2D eigenvalue weighted by molar-refractivity contribution is 5.35. The maximum atomic E-state index is 9.82. The minimum Gasteiger partial charge on any atom is -0.467 e. The second-order valence-electron chi connectivity index (χ2n) is 2.18. The third-order valence-electron chi connectivity index (χ3n) is 1.44. The van der Waals surface area contributed by atoms with Crippen molar-refractivity contribution in [1.29, 1.82) is 0 Å². The lowest BCUT2D eigenvalue weighted by Gasteiger charge is -1.91. The van der Waals surface area contributed by atoms with Gasteiger partial charge in [0, 0.05) is 5.56 Å². The van der Waals surface area contributed by atoms with Crippen LogP contribution < -0.4 is 0 Å². The lowest BCUT2D eigenvalue weighted by Crippen LogP contribution is -1.85. The Labute approximate surface area is 73.8 Å². The molecule has 0 aromatic carbocycles. The van der Waals surface area contributed by atoms with E-state index < -0.39 is 0 Å². The van der Waals surface area contributed by atoms with Crippen LogP contribution in [0.15, 0.2) is 26.7 Å². The van der Waals surface area contributed by atoms with Crippen molar-refractivity contribution in [3.63, 3.8) is 0 Å². The van der Waals surface area contributed by atoms with Gasteiger partial charge >= 0.3 is 0 Å². The lowest BCUT2D eigenvalue weighted by molar-refractivity contribution is 0.505. The molecule has 0 fully saturated rings. The molecule has 0 aliphatic rings. The van der Waals surface area contributed by atoms with Gasteiger partial charge in [-0.3, -0.25) is 0 Å². The summed E-state index contributed by atoms with van der Waals surface area (Å²) in [5, 5.41) is 0. The third kappa shape index (κ3) is 2.52.